The van der Waals surface area contributed by atoms with E-state index in [0.29, 0.717) is 0 Å². The zero-order chi connectivity index (χ0) is 10.7. The lowest BCUT2D eigenvalue weighted by molar-refractivity contribution is 0.347. The predicted octanol–water partition coefficient (Wildman–Crippen LogP) is 1.26. The van der Waals surface area contributed by atoms with Crippen LogP contribution in [-0.4, -0.2) is 32.0 Å². The summed E-state index contributed by atoms with van der Waals surface area (Å²) in [7, 11) is 0. The summed E-state index contributed by atoms with van der Waals surface area (Å²) in [5.74, 6) is 1.70. The van der Waals surface area contributed by atoms with Gasteiger partial charge in [0, 0.05) is 19.5 Å². The maximum atomic E-state index is 7.84. The quantitative estimate of drug-likeness (QED) is 0.811. The molecular formula is C10H17N5. The summed E-state index contributed by atoms with van der Waals surface area (Å²) in [6.45, 7) is 4.68. The highest BCUT2D eigenvalue weighted by Crippen LogP contribution is 2.13. The first-order valence-electron chi connectivity index (χ1n) is 5.50. The molecule has 5 heteroatoms. The number of likely N-dealkylation sites (tertiary alicyclic amines) is 1. The molecule has 0 atom stereocenters. The smallest absolute Gasteiger partial charge is 0.152 e. The lowest BCUT2D eigenvalue weighted by Crippen LogP contribution is -2.35. The zero-order valence-corrected chi connectivity index (χ0v) is 9.11. The topological polar surface area (TPSA) is 57.8 Å². The first kappa shape index (κ1) is 10.1. The third kappa shape index (κ3) is 2.16. The van der Waals surface area contributed by atoms with E-state index in [1.165, 1.54) is 6.42 Å². The second-order valence-electron chi connectivity index (χ2n) is 3.86. The van der Waals surface area contributed by atoms with Crippen molar-refractivity contribution in [3.05, 3.63) is 12.2 Å². The molecule has 2 heterocycles. The van der Waals surface area contributed by atoms with E-state index in [4.69, 9.17) is 5.41 Å². The van der Waals surface area contributed by atoms with Gasteiger partial charge in [-0.2, -0.15) is 0 Å². The van der Waals surface area contributed by atoms with E-state index in [-0.39, 0.29) is 0 Å². The average molecular weight is 207 g/mol. The normalized spacial score (nSPS) is 17.1. The molecule has 5 nitrogen and oxygen atoms in total. The molecule has 0 aliphatic carbocycles. The Labute approximate surface area is 89.6 Å². The van der Waals surface area contributed by atoms with Crippen LogP contribution in [0.5, 0.6) is 0 Å². The van der Waals surface area contributed by atoms with Gasteiger partial charge in [-0.25, -0.2) is 0 Å². The number of amidine groups is 1. The van der Waals surface area contributed by atoms with Crippen LogP contribution >= 0.6 is 0 Å². The summed E-state index contributed by atoms with van der Waals surface area (Å²) in [6.07, 6.45) is 4.99. The van der Waals surface area contributed by atoms with Crippen molar-refractivity contribution in [2.45, 2.75) is 39.3 Å². The Morgan fingerprint density at radius 3 is 3.07 bits per heavy atom. The fourth-order valence-electron chi connectivity index (χ4n) is 1.90. The molecule has 1 aliphatic heterocycles. The Balaban J connectivity index is 2.04. The molecule has 82 valence electrons. The van der Waals surface area contributed by atoms with Crippen LogP contribution in [0.15, 0.2) is 6.33 Å². The van der Waals surface area contributed by atoms with Crippen molar-refractivity contribution in [1.29, 1.82) is 5.41 Å². The van der Waals surface area contributed by atoms with Crippen LogP contribution in [0.25, 0.3) is 0 Å². The number of aryl methyl sites for hydroxylation is 1. The van der Waals surface area contributed by atoms with Crippen LogP contribution < -0.4 is 0 Å². The zero-order valence-electron chi connectivity index (χ0n) is 9.11. The van der Waals surface area contributed by atoms with Crippen molar-refractivity contribution >= 4 is 5.84 Å². The van der Waals surface area contributed by atoms with E-state index < -0.39 is 0 Å². The molecule has 0 spiro atoms. The van der Waals surface area contributed by atoms with E-state index in [1.54, 1.807) is 6.33 Å². The van der Waals surface area contributed by atoms with Gasteiger partial charge in [0.05, 0.1) is 12.4 Å². The molecule has 1 aromatic heterocycles. The number of hydrogen-bond donors (Lipinski definition) is 1. The second kappa shape index (κ2) is 4.42. The maximum Gasteiger partial charge on any atom is 0.152 e. The van der Waals surface area contributed by atoms with Crippen LogP contribution in [0.4, 0.5) is 0 Å². The lowest BCUT2D eigenvalue weighted by atomic mass is 10.1. The van der Waals surface area contributed by atoms with Gasteiger partial charge in [-0.1, -0.05) is 0 Å². The number of rotatable bonds is 3. The van der Waals surface area contributed by atoms with E-state index in [9.17, 15) is 0 Å². The van der Waals surface area contributed by atoms with Gasteiger partial charge in [0.2, 0.25) is 0 Å². The van der Waals surface area contributed by atoms with E-state index in [1.807, 2.05) is 4.57 Å². The molecule has 1 aromatic rings. The van der Waals surface area contributed by atoms with Gasteiger partial charge in [-0.15, -0.1) is 10.2 Å². The largest absolute Gasteiger partial charge is 0.353 e. The molecule has 1 fully saturated rings. The average Bonchev–Trinajstić information content (AvgIpc) is 2.69. The van der Waals surface area contributed by atoms with Gasteiger partial charge >= 0.3 is 0 Å². The van der Waals surface area contributed by atoms with Crippen molar-refractivity contribution in [3.63, 3.8) is 0 Å². The molecule has 0 amide bonds. The highest BCUT2D eigenvalue weighted by atomic mass is 15.3. The number of nitrogens with one attached hydrogen (secondary N) is 1. The number of hydrogen-bond acceptors (Lipinski definition) is 3. The van der Waals surface area contributed by atoms with Gasteiger partial charge in [-0.05, 0) is 19.8 Å². The fraction of sp³-hybridized carbons (Fsp3) is 0.700. The Hall–Kier alpha value is -1.39. The van der Waals surface area contributed by atoms with Crippen LogP contribution in [-0.2, 0) is 13.1 Å². The first-order valence-corrected chi connectivity index (χ1v) is 5.50. The Morgan fingerprint density at radius 2 is 2.33 bits per heavy atom. The number of piperidine rings is 1. The van der Waals surface area contributed by atoms with Crippen LogP contribution in [0.3, 0.4) is 0 Å². The van der Waals surface area contributed by atoms with Gasteiger partial charge < -0.3 is 9.47 Å². The van der Waals surface area contributed by atoms with Crippen molar-refractivity contribution in [2.75, 3.05) is 6.54 Å². The van der Waals surface area contributed by atoms with Crippen molar-refractivity contribution in [3.8, 4) is 0 Å². The minimum Gasteiger partial charge on any atom is -0.353 e. The van der Waals surface area contributed by atoms with Gasteiger partial charge in [0.25, 0.3) is 0 Å². The van der Waals surface area contributed by atoms with Crippen LogP contribution in [0, 0.1) is 5.41 Å². The third-order valence-corrected chi connectivity index (χ3v) is 2.84. The Bertz CT molecular complexity index is 343. The summed E-state index contributed by atoms with van der Waals surface area (Å²) >= 11 is 0. The Morgan fingerprint density at radius 1 is 1.47 bits per heavy atom. The minimum absolute atomic E-state index is 0.729. The SMILES string of the molecule is CCn1cnnc1CN1CCCCC1=N. The first-order chi connectivity index (χ1) is 7.31. The number of aromatic nitrogens is 3. The van der Waals surface area contributed by atoms with E-state index in [2.05, 4.69) is 22.0 Å². The third-order valence-electron chi connectivity index (χ3n) is 2.84. The highest BCUT2D eigenvalue weighted by molar-refractivity contribution is 5.79. The van der Waals surface area contributed by atoms with Crippen LogP contribution in [0.1, 0.15) is 32.0 Å². The molecule has 0 saturated carbocycles. The van der Waals surface area contributed by atoms with Crippen molar-refractivity contribution in [2.24, 2.45) is 0 Å². The molecule has 1 saturated heterocycles. The Kier molecular flexibility index (Phi) is 2.99. The molecule has 2 rings (SSSR count). The molecule has 0 radical (unpaired) electrons. The minimum atomic E-state index is 0.729. The summed E-state index contributed by atoms with van der Waals surface area (Å²) < 4.78 is 2.03. The molecule has 0 unspecified atom stereocenters. The molecule has 0 bridgehead atoms. The van der Waals surface area contributed by atoms with Gasteiger partial charge in [0.15, 0.2) is 5.82 Å². The van der Waals surface area contributed by atoms with E-state index >= 15 is 0 Å². The van der Waals surface area contributed by atoms with Crippen LogP contribution in [0.2, 0.25) is 0 Å². The standard InChI is InChI=1S/C10H17N5/c1-2-14-8-12-13-10(14)7-15-6-4-3-5-9(15)11/h8,11H,2-7H2,1H3. The second-order valence-corrected chi connectivity index (χ2v) is 3.86. The van der Waals surface area contributed by atoms with Gasteiger partial charge in [0.1, 0.15) is 6.33 Å². The van der Waals surface area contributed by atoms with Crippen molar-refractivity contribution in [1.82, 2.24) is 19.7 Å². The lowest BCUT2D eigenvalue weighted by Gasteiger charge is -2.28. The molecule has 15 heavy (non-hydrogen) atoms. The van der Waals surface area contributed by atoms with Gasteiger partial charge in [-0.3, -0.25) is 5.41 Å². The summed E-state index contributed by atoms with van der Waals surface area (Å²) in [5, 5.41) is 15.8. The maximum absolute atomic E-state index is 7.84. The summed E-state index contributed by atoms with van der Waals surface area (Å²) in [4.78, 5) is 2.10. The molecule has 1 aliphatic rings. The highest BCUT2D eigenvalue weighted by Gasteiger charge is 2.16. The van der Waals surface area contributed by atoms with E-state index in [0.717, 1.165) is 44.1 Å². The summed E-state index contributed by atoms with van der Waals surface area (Å²) in [5.41, 5.74) is 0. The fourth-order valence-corrected chi connectivity index (χ4v) is 1.90. The molecule has 0 aromatic carbocycles. The molecule has 1 N–H and O–H groups in total. The van der Waals surface area contributed by atoms with Crippen molar-refractivity contribution < 1.29 is 0 Å². The predicted molar refractivity (Wildman–Crippen MR) is 57.7 cm³/mol. The molecular weight excluding hydrogens is 190 g/mol. The summed E-state index contributed by atoms with van der Waals surface area (Å²) in [6, 6.07) is 0. The monoisotopic (exact) mass is 207 g/mol. The number of nitrogens with zero attached hydrogens (tertiary/aromatic N) is 4.